The number of hydrogen-bond donors (Lipinski definition) is 0. The van der Waals surface area contributed by atoms with E-state index in [1.54, 1.807) is 6.92 Å². The Labute approximate surface area is 106 Å². The van der Waals surface area contributed by atoms with Gasteiger partial charge in [0.05, 0.1) is 13.2 Å². The normalized spacial score (nSPS) is 14.9. The third-order valence-corrected chi connectivity index (χ3v) is 2.25. The molecule has 0 saturated heterocycles. The number of ether oxygens (including phenoxy) is 1. The second-order valence-electron chi connectivity index (χ2n) is 3.64. The van der Waals surface area contributed by atoms with Crippen LogP contribution in [-0.4, -0.2) is 24.6 Å². The van der Waals surface area contributed by atoms with Gasteiger partial charge >= 0.3 is 18.0 Å². The third-order valence-electron chi connectivity index (χ3n) is 2.25. The first-order chi connectivity index (χ1) is 8.52. The Morgan fingerprint density at radius 3 is 1.89 bits per heavy atom. The van der Waals surface area contributed by atoms with Crippen LogP contribution in [0.15, 0.2) is 11.6 Å². The standard InChI is InChI=1S/C11H14F7O/c1-3-6-19-7-5-8(4-2)9(12,13)10(14,15)11(16,17)18/h5-6H,3-4,7H2,1-2H3/b8-5+. The summed E-state index contributed by atoms with van der Waals surface area (Å²) in [5.41, 5.74) is -1.31. The number of hydrogen-bond acceptors (Lipinski definition) is 1. The Bertz CT molecular complexity index is 307. The first kappa shape index (κ1) is 18.2. The second kappa shape index (κ2) is 6.58. The molecule has 0 aromatic carbocycles. The van der Waals surface area contributed by atoms with Crippen molar-refractivity contribution in [2.75, 3.05) is 6.61 Å². The zero-order chi connectivity index (χ0) is 15.3. The first-order valence-electron chi connectivity index (χ1n) is 5.47. The zero-order valence-electron chi connectivity index (χ0n) is 10.3. The molecule has 0 fully saturated rings. The summed E-state index contributed by atoms with van der Waals surface area (Å²) >= 11 is 0. The maximum absolute atomic E-state index is 13.3. The van der Waals surface area contributed by atoms with Crippen molar-refractivity contribution in [1.82, 2.24) is 0 Å². The molecular weight excluding hydrogens is 281 g/mol. The Morgan fingerprint density at radius 1 is 1.00 bits per heavy atom. The largest absolute Gasteiger partial charge is 0.460 e. The molecule has 0 rings (SSSR count). The zero-order valence-corrected chi connectivity index (χ0v) is 10.3. The van der Waals surface area contributed by atoms with Crippen LogP contribution in [0, 0.1) is 6.61 Å². The van der Waals surface area contributed by atoms with Gasteiger partial charge in [0.2, 0.25) is 0 Å². The van der Waals surface area contributed by atoms with Gasteiger partial charge in [-0.3, -0.25) is 0 Å². The van der Waals surface area contributed by atoms with E-state index in [2.05, 4.69) is 4.74 Å². The van der Waals surface area contributed by atoms with Crippen molar-refractivity contribution in [3.63, 3.8) is 0 Å². The number of rotatable bonds is 7. The maximum Gasteiger partial charge on any atom is 0.460 e. The van der Waals surface area contributed by atoms with Gasteiger partial charge in [-0.1, -0.05) is 19.9 Å². The van der Waals surface area contributed by atoms with E-state index in [1.165, 1.54) is 6.61 Å². The summed E-state index contributed by atoms with van der Waals surface area (Å²) in [6.45, 7) is 3.48. The molecule has 0 aromatic rings. The number of allylic oxidation sites excluding steroid dienone is 1. The number of halogens is 7. The topological polar surface area (TPSA) is 9.23 Å². The minimum atomic E-state index is -6.32. The van der Waals surface area contributed by atoms with Crippen LogP contribution in [0.2, 0.25) is 0 Å². The third kappa shape index (κ3) is 4.09. The molecule has 19 heavy (non-hydrogen) atoms. The van der Waals surface area contributed by atoms with Crippen LogP contribution >= 0.6 is 0 Å². The minimum Gasteiger partial charge on any atom is -0.371 e. The van der Waals surface area contributed by atoms with Gasteiger partial charge in [0.15, 0.2) is 0 Å². The molecule has 0 unspecified atom stereocenters. The highest BCUT2D eigenvalue weighted by Crippen LogP contribution is 2.50. The molecule has 8 heteroatoms. The highest BCUT2D eigenvalue weighted by atomic mass is 19.4. The molecule has 113 valence electrons. The van der Waals surface area contributed by atoms with Crippen LogP contribution in [0.1, 0.15) is 26.7 Å². The van der Waals surface area contributed by atoms with Crippen LogP contribution in [0.4, 0.5) is 30.7 Å². The van der Waals surface area contributed by atoms with Crippen molar-refractivity contribution in [2.24, 2.45) is 0 Å². The summed E-state index contributed by atoms with van der Waals surface area (Å²) in [6, 6.07) is 0. The summed E-state index contributed by atoms with van der Waals surface area (Å²) in [4.78, 5) is 0. The fraction of sp³-hybridized carbons (Fsp3) is 0.727. The smallest absolute Gasteiger partial charge is 0.371 e. The van der Waals surface area contributed by atoms with E-state index in [0.29, 0.717) is 12.5 Å². The molecule has 0 spiro atoms. The Hall–Kier alpha value is -0.790. The lowest BCUT2D eigenvalue weighted by molar-refractivity contribution is -0.344. The van der Waals surface area contributed by atoms with Crippen molar-refractivity contribution in [3.05, 3.63) is 18.3 Å². The highest BCUT2D eigenvalue weighted by Gasteiger charge is 2.73. The van der Waals surface area contributed by atoms with E-state index in [-0.39, 0.29) is 0 Å². The van der Waals surface area contributed by atoms with Gasteiger partial charge in [0.1, 0.15) is 0 Å². The molecule has 1 radical (unpaired) electrons. The van der Waals surface area contributed by atoms with Crippen LogP contribution in [0.25, 0.3) is 0 Å². The Kier molecular flexibility index (Phi) is 6.31. The van der Waals surface area contributed by atoms with Gasteiger partial charge in [-0.2, -0.15) is 30.7 Å². The summed E-state index contributed by atoms with van der Waals surface area (Å²) in [5, 5.41) is 0. The lowest BCUT2D eigenvalue weighted by Gasteiger charge is -2.29. The molecule has 0 N–H and O–H groups in total. The molecule has 0 aliphatic rings. The Morgan fingerprint density at radius 2 is 1.53 bits per heavy atom. The van der Waals surface area contributed by atoms with E-state index in [0.717, 1.165) is 6.92 Å². The molecule has 0 atom stereocenters. The van der Waals surface area contributed by atoms with E-state index in [4.69, 9.17) is 0 Å². The summed E-state index contributed by atoms with van der Waals surface area (Å²) < 4.78 is 92.6. The summed E-state index contributed by atoms with van der Waals surface area (Å²) in [6.07, 6.45) is -5.97. The van der Waals surface area contributed by atoms with Crippen molar-refractivity contribution < 1.29 is 35.5 Å². The molecule has 0 heterocycles. The Balaban J connectivity index is 5.12. The van der Waals surface area contributed by atoms with Crippen LogP contribution < -0.4 is 0 Å². The van der Waals surface area contributed by atoms with Gasteiger partial charge in [-0.25, -0.2) is 0 Å². The summed E-state index contributed by atoms with van der Waals surface area (Å²) in [7, 11) is 0. The highest BCUT2D eigenvalue weighted by molar-refractivity contribution is 5.19. The van der Waals surface area contributed by atoms with Gasteiger partial charge in [-0.05, 0) is 12.8 Å². The van der Waals surface area contributed by atoms with Gasteiger partial charge in [-0.15, -0.1) is 0 Å². The SMILES string of the molecule is CC[CH]OC/C=C(\CC)C(F)(F)C(F)(F)C(F)(F)F. The first-order valence-corrected chi connectivity index (χ1v) is 5.47. The predicted molar refractivity (Wildman–Crippen MR) is 54.9 cm³/mol. The molecule has 0 aromatic heterocycles. The van der Waals surface area contributed by atoms with Crippen LogP contribution in [-0.2, 0) is 4.74 Å². The minimum absolute atomic E-state index is 0.449. The van der Waals surface area contributed by atoms with Gasteiger partial charge in [0, 0.05) is 5.57 Å². The van der Waals surface area contributed by atoms with E-state index in [1.807, 2.05) is 0 Å². The van der Waals surface area contributed by atoms with Crippen LogP contribution in [0.3, 0.4) is 0 Å². The molecule has 0 amide bonds. The summed E-state index contributed by atoms with van der Waals surface area (Å²) in [5.74, 6) is -11.4. The van der Waals surface area contributed by atoms with Gasteiger partial charge < -0.3 is 4.74 Å². The molecule has 0 bridgehead atoms. The lowest BCUT2D eigenvalue weighted by Crippen LogP contribution is -2.52. The predicted octanol–water partition coefficient (Wildman–Crippen LogP) is 4.74. The average molecular weight is 295 g/mol. The second-order valence-corrected chi connectivity index (χ2v) is 3.64. The molecular formula is C11H14F7O. The quantitative estimate of drug-likeness (QED) is 0.374. The monoisotopic (exact) mass is 295 g/mol. The fourth-order valence-corrected chi connectivity index (χ4v) is 1.21. The molecule has 1 nitrogen and oxygen atoms in total. The fourth-order valence-electron chi connectivity index (χ4n) is 1.21. The average Bonchev–Trinajstić information content (AvgIpc) is 2.27. The van der Waals surface area contributed by atoms with Crippen molar-refractivity contribution in [3.8, 4) is 0 Å². The molecule has 0 aliphatic carbocycles. The van der Waals surface area contributed by atoms with E-state index in [9.17, 15) is 30.7 Å². The molecule has 0 saturated carbocycles. The van der Waals surface area contributed by atoms with Crippen molar-refractivity contribution in [2.45, 2.75) is 44.7 Å². The van der Waals surface area contributed by atoms with Crippen molar-refractivity contribution in [1.29, 1.82) is 0 Å². The molecule has 0 aliphatic heterocycles. The number of alkyl halides is 7. The van der Waals surface area contributed by atoms with Crippen LogP contribution in [0.5, 0.6) is 0 Å². The maximum atomic E-state index is 13.3. The van der Waals surface area contributed by atoms with E-state index >= 15 is 0 Å². The lowest BCUT2D eigenvalue weighted by atomic mass is 9.99. The van der Waals surface area contributed by atoms with Gasteiger partial charge in [0.25, 0.3) is 0 Å². The van der Waals surface area contributed by atoms with E-state index < -0.39 is 36.6 Å². The van der Waals surface area contributed by atoms with Crippen molar-refractivity contribution >= 4 is 0 Å².